The zero-order valence-corrected chi connectivity index (χ0v) is 10.4. The molecule has 0 bridgehead atoms. The summed E-state index contributed by atoms with van der Waals surface area (Å²) in [5.41, 5.74) is 1.13. The number of rotatable bonds is 3. The predicted molar refractivity (Wildman–Crippen MR) is 68.3 cm³/mol. The summed E-state index contributed by atoms with van der Waals surface area (Å²) in [6.07, 6.45) is 0. The Kier molecular flexibility index (Phi) is 3.45. The number of piperazine rings is 1. The fourth-order valence-electron chi connectivity index (χ4n) is 1.92. The Morgan fingerprint density at radius 2 is 2.11 bits per heavy atom. The molecule has 6 heteroatoms. The van der Waals surface area contributed by atoms with Gasteiger partial charge in [-0.05, 0) is 17.3 Å². The number of hydrogen-bond donors (Lipinski definition) is 0. The molecule has 1 heterocycles. The molecule has 0 N–H and O–H groups in total. The van der Waals surface area contributed by atoms with Crippen molar-refractivity contribution >= 4 is 17.3 Å². The summed E-state index contributed by atoms with van der Waals surface area (Å²) >= 11 is 0. The SMILES string of the molecule is COc1cc(N2CCN(C)C(=O)C2)ccc1N=O. The van der Waals surface area contributed by atoms with E-state index in [9.17, 15) is 9.70 Å². The van der Waals surface area contributed by atoms with Gasteiger partial charge in [0.2, 0.25) is 5.91 Å². The van der Waals surface area contributed by atoms with Crippen LogP contribution < -0.4 is 9.64 Å². The van der Waals surface area contributed by atoms with Crippen molar-refractivity contribution in [3.63, 3.8) is 0 Å². The van der Waals surface area contributed by atoms with Crippen molar-refractivity contribution in [3.05, 3.63) is 23.1 Å². The Hall–Kier alpha value is -2.11. The standard InChI is InChI=1S/C12H15N3O3/c1-14-5-6-15(8-12(14)16)9-3-4-10(13-17)11(7-9)18-2/h3-4,7H,5-6,8H2,1-2H3. The molecule has 6 nitrogen and oxygen atoms in total. The molecule has 0 spiro atoms. The summed E-state index contributed by atoms with van der Waals surface area (Å²) in [7, 11) is 3.28. The summed E-state index contributed by atoms with van der Waals surface area (Å²) < 4.78 is 5.10. The number of carbonyl (C=O) groups excluding carboxylic acids is 1. The highest BCUT2D eigenvalue weighted by Crippen LogP contribution is 2.32. The number of benzene rings is 1. The largest absolute Gasteiger partial charge is 0.494 e. The first-order chi connectivity index (χ1) is 8.65. The van der Waals surface area contributed by atoms with Crippen LogP contribution in [0.4, 0.5) is 11.4 Å². The first-order valence-corrected chi connectivity index (χ1v) is 5.66. The van der Waals surface area contributed by atoms with Crippen molar-refractivity contribution in [2.24, 2.45) is 5.18 Å². The summed E-state index contributed by atoms with van der Waals surface area (Å²) in [6.45, 7) is 1.79. The second-order valence-corrected chi connectivity index (χ2v) is 4.18. The summed E-state index contributed by atoms with van der Waals surface area (Å²) in [4.78, 5) is 25.9. The number of hydrogen-bond acceptors (Lipinski definition) is 5. The zero-order valence-electron chi connectivity index (χ0n) is 10.4. The van der Waals surface area contributed by atoms with Crippen molar-refractivity contribution in [2.45, 2.75) is 0 Å². The van der Waals surface area contributed by atoms with E-state index in [1.54, 1.807) is 30.1 Å². The van der Waals surface area contributed by atoms with Gasteiger partial charge >= 0.3 is 0 Å². The molecule has 1 aromatic rings. The molecule has 0 saturated carbocycles. The van der Waals surface area contributed by atoms with Gasteiger partial charge < -0.3 is 14.5 Å². The van der Waals surface area contributed by atoms with Crippen molar-refractivity contribution in [1.29, 1.82) is 0 Å². The third-order valence-corrected chi connectivity index (χ3v) is 3.08. The van der Waals surface area contributed by atoms with Crippen LogP contribution in [0.5, 0.6) is 5.75 Å². The van der Waals surface area contributed by atoms with E-state index in [1.165, 1.54) is 7.11 Å². The maximum atomic E-state index is 11.6. The molecule has 0 unspecified atom stereocenters. The van der Waals surface area contributed by atoms with Gasteiger partial charge in [0.25, 0.3) is 0 Å². The van der Waals surface area contributed by atoms with Crippen LogP contribution in [0.15, 0.2) is 23.4 Å². The van der Waals surface area contributed by atoms with Crippen LogP contribution in [0.2, 0.25) is 0 Å². The Labute approximate surface area is 105 Å². The van der Waals surface area contributed by atoms with Crippen molar-refractivity contribution in [1.82, 2.24) is 4.90 Å². The average Bonchev–Trinajstić information content (AvgIpc) is 2.41. The Morgan fingerprint density at radius 3 is 2.72 bits per heavy atom. The van der Waals surface area contributed by atoms with Crippen LogP contribution >= 0.6 is 0 Å². The molecule has 1 aliphatic heterocycles. The van der Waals surface area contributed by atoms with E-state index in [-0.39, 0.29) is 11.6 Å². The van der Waals surface area contributed by atoms with Crippen LogP contribution in [0, 0.1) is 4.91 Å². The molecule has 0 radical (unpaired) electrons. The van der Waals surface area contributed by atoms with E-state index in [0.29, 0.717) is 18.8 Å². The van der Waals surface area contributed by atoms with Crippen LogP contribution in [-0.4, -0.2) is 44.6 Å². The van der Waals surface area contributed by atoms with Crippen molar-refractivity contribution in [2.75, 3.05) is 38.7 Å². The van der Waals surface area contributed by atoms with Gasteiger partial charge in [0.05, 0.1) is 13.7 Å². The van der Waals surface area contributed by atoms with E-state index >= 15 is 0 Å². The fourth-order valence-corrected chi connectivity index (χ4v) is 1.92. The minimum atomic E-state index is 0.0813. The first-order valence-electron chi connectivity index (χ1n) is 5.66. The van der Waals surface area contributed by atoms with Crippen LogP contribution in [-0.2, 0) is 4.79 Å². The molecular formula is C12H15N3O3. The van der Waals surface area contributed by atoms with Gasteiger partial charge in [-0.15, -0.1) is 4.91 Å². The lowest BCUT2D eigenvalue weighted by Crippen LogP contribution is -2.48. The van der Waals surface area contributed by atoms with Gasteiger partial charge in [-0.2, -0.15) is 0 Å². The number of carbonyl (C=O) groups is 1. The number of amides is 1. The van der Waals surface area contributed by atoms with E-state index in [1.807, 2.05) is 4.90 Å². The van der Waals surface area contributed by atoms with Gasteiger partial charge in [-0.3, -0.25) is 4.79 Å². The lowest BCUT2D eigenvalue weighted by atomic mass is 10.2. The van der Waals surface area contributed by atoms with Gasteiger partial charge in [0.15, 0.2) is 0 Å². The number of nitrogens with zero attached hydrogens (tertiary/aromatic N) is 3. The highest BCUT2D eigenvalue weighted by atomic mass is 16.5. The summed E-state index contributed by atoms with van der Waals surface area (Å²) in [6, 6.07) is 5.11. The Bertz CT molecular complexity index is 476. The molecule has 0 aromatic heterocycles. The molecule has 1 aliphatic rings. The molecule has 18 heavy (non-hydrogen) atoms. The van der Waals surface area contributed by atoms with Gasteiger partial charge in [0, 0.05) is 31.9 Å². The lowest BCUT2D eigenvalue weighted by Gasteiger charge is -2.33. The number of nitroso groups, excluding NO2 is 1. The Balaban J connectivity index is 2.23. The van der Waals surface area contributed by atoms with Crippen LogP contribution in [0.25, 0.3) is 0 Å². The predicted octanol–water partition coefficient (Wildman–Crippen LogP) is 1.37. The molecule has 0 aliphatic carbocycles. The van der Waals surface area contributed by atoms with E-state index in [0.717, 1.165) is 12.2 Å². The molecule has 1 amide bonds. The quantitative estimate of drug-likeness (QED) is 0.759. The van der Waals surface area contributed by atoms with Crippen molar-refractivity contribution in [3.8, 4) is 5.75 Å². The van der Waals surface area contributed by atoms with E-state index < -0.39 is 0 Å². The van der Waals surface area contributed by atoms with Crippen LogP contribution in [0.1, 0.15) is 0 Å². The molecular weight excluding hydrogens is 234 g/mol. The minimum Gasteiger partial charge on any atom is -0.494 e. The summed E-state index contributed by atoms with van der Waals surface area (Å²) in [5, 5.41) is 2.89. The average molecular weight is 249 g/mol. The van der Waals surface area contributed by atoms with Gasteiger partial charge in [-0.1, -0.05) is 0 Å². The topological polar surface area (TPSA) is 62.2 Å². The third kappa shape index (κ3) is 2.27. The second kappa shape index (κ2) is 5.03. The maximum Gasteiger partial charge on any atom is 0.241 e. The fraction of sp³-hybridized carbons (Fsp3) is 0.417. The third-order valence-electron chi connectivity index (χ3n) is 3.08. The molecule has 0 atom stereocenters. The van der Waals surface area contributed by atoms with Gasteiger partial charge in [-0.25, -0.2) is 0 Å². The highest BCUT2D eigenvalue weighted by Gasteiger charge is 2.21. The molecule has 96 valence electrons. The first kappa shape index (κ1) is 12.3. The molecule has 1 saturated heterocycles. The minimum absolute atomic E-state index is 0.0813. The summed E-state index contributed by atoms with van der Waals surface area (Å²) in [5.74, 6) is 0.506. The maximum absolute atomic E-state index is 11.6. The number of methoxy groups -OCH3 is 1. The van der Waals surface area contributed by atoms with Crippen molar-refractivity contribution < 1.29 is 9.53 Å². The van der Waals surface area contributed by atoms with Gasteiger partial charge in [0.1, 0.15) is 11.4 Å². The smallest absolute Gasteiger partial charge is 0.241 e. The molecule has 2 rings (SSSR count). The van der Waals surface area contributed by atoms with E-state index in [4.69, 9.17) is 4.74 Å². The molecule has 1 aromatic carbocycles. The zero-order chi connectivity index (χ0) is 13.1. The van der Waals surface area contributed by atoms with E-state index in [2.05, 4.69) is 5.18 Å². The Morgan fingerprint density at radius 1 is 1.33 bits per heavy atom. The molecule has 1 fully saturated rings. The highest BCUT2D eigenvalue weighted by molar-refractivity contribution is 5.83. The monoisotopic (exact) mass is 249 g/mol. The number of likely N-dealkylation sites (N-methyl/N-ethyl adjacent to an activating group) is 1. The second-order valence-electron chi connectivity index (χ2n) is 4.18. The lowest BCUT2D eigenvalue weighted by molar-refractivity contribution is -0.129. The number of ether oxygens (including phenoxy) is 1. The number of anilines is 1. The normalized spacial score (nSPS) is 15.8. The van der Waals surface area contributed by atoms with Crippen LogP contribution in [0.3, 0.4) is 0 Å².